The van der Waals surface area contributed by atoms with E-state index in [0.29, 0.717) is 0 Å². The van der Waals surface area contributed by atoms with Gasteiger partial charge in [0.25, 0.3) is 0 Å². The highest BCUT2D eigenvalue weighted by Crippen LogP contribution is 2.55. The number of aromatic nitrogens is 2. The Labute approximate surface area is 150 Å². The molecule has 1 aromatic heterocycles. The summed E-state index contributed by atoms with van der Waals surface area (Å²) in [6.07, 6.45) is 3.90. The minimum Gasteiger partial charge on any atom is -0.465 e. The second kappa shape index (κ2) is 4.79. The van der Waals surface area contributed by atoms with Gasteiger partial charge in [-0.3, -0.25) is 0 Å². The van der Waals surface area contributed by atoms with Crippen LogP contribution in [-0.4, -0.2) is 9.97 Å². The van der Waals surface area contributed by atoms with Gasteiger partial charge in [0.05, 0.1) is 34.1 Å². The summed E-state index contributed by atoms with van der Waals surface area (Å²) in [6, 6.07) is 24.7. The Kier molecular flexibility index (Phi) is 2.54. The lowest BCUT2D eigenvalue weighted by Crippen LogP contribution is -2.28. The van der Waals surface area contributed by atoms with Crippen molar-refractivity contribution in [1.82, 2.24) is 9.97 Å². The Morgan fingerprint density at radius 3 is 2.27 bits per heavy atom. The summed E-state index contributed by atoms with van der Waals surface area (Å²) in [5.41, 5.74) is 6.76. The Morgan fingerprint density at radius 1 is 0.692 bits per heavy atom. The molecule has 3 nitrogen and oxygen atoms in total. The largest absolute Gasteiger partial charge is 0.465 e. The maximum atomic E-state index is 5.80. The molecule has 0 saturated carbocycles. The van der Waals surface area contributed by atoms with Crippen LogP contribution in [0.1, 0.15) is 16.8 Å². The third-order valence-electron chi connectivity index (χ3n) is 5.38. The van der Waals surface area contributed by atoms with Gasteiger partial charge in [0, 0.05) is 11.1 Å². The molecule has 1 atom stereocenters. The number of benzene rings is 3. The Hall–Kier alpha value is -3.46. The molecule has 122 valence electrons. The Morgan fingerprint density at radius 2 is 1.38 bits per heavy atom. The number of allylic oxidation sites excluding steroid dienone is 1. The molecule has 1 aliphatic carbocycles. The van der Waals surface area contributed by atoms with Gasteiger partial charge in [0.1, 0.15) is 5.75 Å². The molecule has 3 aromatic carbocycles. The molecule has 0 fully saturated rings. The van der Waals surface area contributed by atoms with Gasteiger partial charge >= 0.3 is 0 Å². The topological polar surface area (TPSA) is 35.0 Å². The van der Waals surface area contributed by atoms with E-state index in [1.54, 1.807) is 6.26 Å². The minimum absolute atomic E-state index is 0.461. The highest BCUT2D eigenvalue weighted by atomic mass is 16.5. The number of ether oxygens (including phenoxy) is 1. The van der Waals surface area contributed by atoms with Crippen molar-refractivity contribution in [3.05, 3.63) is 102 Å². The molecular weight excluding hydrogens is 320 g/mol. The predicted molar refractivity (Wildman–Crippen MR) is 101 cm³/mol. The first-order valence-corrected chi connectivity index (χ1v) is 8.69. The number of nitrogens with zero attached hydrogens (tertiary/aromatic N) is 2. The summed E-state index contributed by atoms with van der Waals surface area (Å²) < 4.78 is 5.80. The third kappa shape index (κ3) is 1.58. The molecule has 6 rings (SSSR count). The maximum Gasteiger partial charge on any atom is 0.131 e. The summed E-state index contributed by atoms with van der Waals surface area (Å²) in [4.78, 5) is 10.1. The van der Waals surface area contributed by atoms with Crippen LogP contribution in [0.25, 0.3) is 22.3 Å². The summed E-state index contributed by atoms with van der Waals surface area (Å²) in [7, 11) is 0. The molecule has 1 spiro atoms. The van der Waals surface area contributed by atoms with E-state index in [1.807, 2.05) is 36.4 Å². The van der Waals surface area contributed by atoms with Crippen LogP contribution in [0.3, 0.4) is 0 Å². The molecule has 0 amide bonds. The van der Waals surface area contributed by atoms with Crippen LogP contribution < -0.4 is 4.74 Å². The van der Waals surface area contributed by atoms with Crippen molar-refractivity contribution in [3.8, 4) is 17.0 Å². The predicted octanol–water partition coefficient (Wildman–Crippen LogP) is 4.85. The maximum absolute atomic E-state index is 5.80. The lowest BCUT2D eigenvalue weighted by molar-refractivity contribution is 0.444. The number of hydrogen-bond acceptors (Lipinski definition) is 3. The fourth-order valence-electron chi connectivity index (χ4n) is 4.26. The summed E-state index contributed by atoms with van der Waals surface area (Å²) in [6.45, 7) is 0. The highest BCUT2D eigenvalue weighted by molar-refractivity contribution is 5.87. The minimum atomic E-state index is -0.461. The van der Waals surface area contributed by atoms with Crippen molar-refractivity contribution in [3.63, 3.8) is 0 Å². The zero-order chi connectivity index (χ0) is 17.1. The molecule has 0 radical (unpaired) electrons. The Balaban J connectivity index is 1.81. The molecule has 1 unspecified atom stereocenters. The zero-order valence-electron chi connectivity index (χ0n) is 13.9. The van der Waals surface area contributed by atoms with Gasteiger partial charge in [-0.05, 0) is 29.8 Å². The van der Waals surface area contributed by atoms with E-state index in [1.165, 1.54) is 5.56 Å². The van der Waals surface area contributed by atoms with Crippen molar-refractivity contribution in [1.29, 1.82) is 0 Å². The molecule has 0 saturated heterocycles. The van der Waals surface area contributed by atoms with E-state index < -0.39 is 5.41 Å². The average Bonchev–Trinajstić information content (AvgIpc) is 2.97. The number of hydrogen-bond donors (Lipinski definition) is 0. The monoisotopic (exact) mass is 334 g/mol. The first-order chi connectivity index (χ1) is 12.9. The van der Waals surface area contributed by atoms with Crippen LogP contribution in [-0.2, 0) is 5.41 Å². The van der Waals surface area contributed by atoms with Crippen LogP contribution in [0.2, 0.25) is 0 Å². The third-order valence-corrected chi connectivity index (χ3v) is 5.38. The molecule has 2 heterocycles. The van der Waals surface area contributed by atoms with Gasteiger partial charge in [-0.15, -0.1) is 0 Å². The van der Waals surface area contributed by atoms with Crippen LogP contribution in [0.15, 0.2) is 85.1 Å². The van der Waals surface area contributed by atoms with Crippen LogP contribution in [0, 0.1) is 0 Å². The SMILES string of the molecule is C1=CC2(c3ccccc3O1)c1ccccc1-c1nc3ccccc3nc12. The molecule has 26 heavy (non-hydrogen) atoms. The van der Waals surface area contributed by atoms with Gasteiger partial charge in [0.15, 0.2) is 0 Å². The van der Waals surface area contributed by atoms with E-state index in [0.717, 1.165) is 39.3 Å². The van der Waals surface area contributed by atoms with E-state index >= 15 is 0 Å². The smallest absolute Gasteiger partial charge is 0.131 e. The average molecular weight is 334 g/mol. The number of fused-ring (bicyclic) bond motifs is 8. The normalized spacial score (nSPS) is 19.1. The zero-order valence-corrected chi connectivity index (χ0v) is 13.9. The Bertz CT molecular complexity index is 1230. The molecule has 4 aromatic rings. The number of rotatable bonds is 0. The highest BCUT2D eigenvalue weighted by Gasteiger charge is 2.48. The standard InChI is InChI=1S/C23H14N2O/c1-2-8-16-15(7-1)21-22(25-19-11-5-4-10-18(19)24-21)23(16)13-14-26-20-12-6-3-9-17(20)23/h1-14H. The molecular formula is C23H14N2O. The van der Waals surface area contributed by atoms with Crippen molar-refractivity contribution < 1.29 is 4.74 Å². The van der Waals surface area contributed by atoms with Crippen molar-refractivity contribution in [2.24, 2.45) is 0 Å². The molecule has 0 bridgehead atoms. The second-order valence-corrected chi connectivity index (χ2v) is 6.68. The van der Waals surface area contributed by atoms with Gasteiger partial charge in [0.2, 0.25) is 0 Å². The van der Waals surface area contributed by atoms with Crippen molar-refractivity contribution >= 4 is 11.0 Å². The lowest BCUT2D eigenvalue weighted by Gasteiger charge is -2.32. The fourth-order valence-corrected chi connectivity index (χ4v) is 4.26. The lowest BCUT2D eigenvalue weighted by atomic mass is 9.73. The van der Waals surface area contributed by atoms with E-state index in [-0.39, 0.29) is 0 Å². The van der Waals surface area contributed by atoms with Gasteiger partial charge in [-0.2, -0.15) is 0 Å². The summed E-state index contributed by atoms with van der Waals surface area (Å²) >= 11 is 0. The van der Waals surface area contributed by atoms with Gasteiger partial charge in [-0.25, -0.2) is 9.97 Å². The summed E-state index contributed by atoms with van der Waals surface area (Å²) in [5, 5.41) is 0. The van der Waals surface area contributed by atoms with Crippen LogP contribution in [0.5, 0.6) is 5.75 Å². The molecule has 0 N–H and O–H groups in total. The van der Waals surface area contributed by atoms with Crippen molar-refractivity contribution in [2.75, 3.05) is 0 Å². The van der Waals surface area contributed by atoms with Crippen LogP contribution in [0.4, 0.5) is 0 Å². The summed E-state index contributed by atoms with van der Waals surface area (Å²) in [5.74, 6) is 0.868. The second-order valence-electron chi connectivity index (χ2n) is 6.68. The quantitative estimate of drug-likeness (QED) is 0.461. The fraction of sp³-hybridized carbons (Fsp3) is 0.0435. The first kappa shape index (κ1) is 13.8. The number of para-hydroxylation sites is 3. The van der Waals surface area contributed by atoms with Crippen LogP contribution >= 0.6 is 0 Å². The first-order valence-electron chi connectivity index (χ1n) is 8.69. The molecule has 1 aliphatic heterocycles. The van der Waals surface area contributed by atoms with E-state index in [9.17, 15) is 0 Å². The van der Waals surface area contributed by atoms with E-state index in [2.05, 4.69) is 42.5 Å². The van der Waals surface area contributed by atoms with Crippen molar-refractivity contribution in [2.45, 2.75) is 5.41 Å². The van der Waals surface area contributed by atoms with Gasteiger partial charge < -0.3 is 4.74 Å². The molecule has 3 heteroatoms. The van der Waals surface area contributed by atoms with Gasteiger partial charge in [-0.1, -0.05) is 54.6 Å². The molecule has 2 aliphatic rings. The van der Waals surface area contributed by atoms with E-state index in [4.69, 9.17) is 14.7 Å².